The molecule has 148 valence electrons. The molecule has 0 atom stereocenters. The summed E-state index contributed by atoms with van der Waals surface area (Å²) in [6, 6.07) is 21.3. The van der Waals surface area contributed by atoms with Crippen LogP contribution in [0.4, 0.5) is 11.4 Å². The monoisotopic (exact) mass is 397 g/mol. The molecule has 1 aromatic heterocycles. The number of benzene rings is 3. The van der Waals surface area contributed by atoms with E-state index in [4.69, 9.17) is 4.98 Å². The van der Waals surface area contributed by atoms with Crippen molar-refractivity contribution in [2.24, 2.45) is 0 Å². The number of pyridine rings is 1. The van der Waals surface area contributed by atoms with Crippen molar-refractivity contribution in [3.8, 4) is 11.3 Å². The number of rotatable bonds is 4. The smallest absolute Gasteiger partial charge is 0.269 e. The predicted molar refractivity (Wildman–Crippen MR) is 118 cm³/mol. The van der Waals surface area contributed by atoms with Crippen molar-refractivity contribution in [2.75, 3.05) is 5.32 Å². The number of amides is 1. The van der Waals surface area contributed by atoms with Gasteiger partial charge in [-0.2, -0.15) is 0 Å². The minimum absolute atomic E-state index is 0.0276. The topological polar surface area (TPSA) is 85.1 Å². The lowest BCUT2D eigenvalue weighted by Gasteiger charge is -2.15. The first kappa shape index (κ1) is 19.3. The summed E-state index contributed by atoms with van der Waals surface area (Å²) in [6.07, 6.45) is 0. The van der Waals surface area contributed by atoms with Gasteiger partial charge in [0.25, 0.3) is 11.6 Å². The second-order valence-electron chi connectivity index (χ2n) is 7.10. The molecule has 0 aliphatic rings. The minimum Gasteiger partial charge on any atom is -0.322 e. The highest BCUT2D eigenvalue weighted by molar-refractivity contribution is 6.14. The highest BCUT2D eigenvalue weighted by atomic mass is 16.6. The average molecular weight is 397 g/mol. The lowest BCUT2D eigenvalue weighted by Crippen LogP contribution is -2.15. The van der Waals surface area contributed by atoms with E-state index >= 15 is 0 Å². The Bertz CT molecular complexity index is 1260. The van der Waals surface area contributed by atoms with Gasteiger partial charge in [-0.15, -0.1) is 0 Å². The highest BCUT2D eigenvalue weighted by Crippen LogP contribution is 2.30. The first-order valence-electron chi connectivity index (χ1n) is 9.46. The average Bonchev–Trinajstić information content (AvgIpc) is 2.74. The third kappa shape index (κ3) is 3.63. The third-order valence-corrected chi connectivity index (χ3v) is 5.02. The van der Waals surface area contributed by atoms with Gasteiger partial charge >= 0.3 is 0 Å². The molecule has 0 aliphatic heterocycles. The number of anilines is 1. The molecule has 0 spiro atoms. The molecule has 0 aliphatic carbocycles. The molecule has 6 nitrogen and oxygen atoms in total. The van der Waals surface area contributed by atoms with Gasteiger partial charge in [0, 0.05) is 28.8 Å². The van der Waals surface area contributed by atoms with Crippen molar-refractivity contribution < 1.29 is 9.72 Å². The van der Waals surface area contributed by atoms with Crippen LogP contribution in [0, 0.1) is 24.0 Å². The number of nitrogens with zero attached hydrogens (tertiary/aromatic N) is 2. The SMILES string of the molecule is Cc1ccc(-c2nc3ccccc3c(C(=O)Nc3ccc([N+](=O)[O-])cc3)c2C)cc1. The van der Waals surface area contributed by atoms with E-state index in [0.717, 1.165) is 33.3 Å². The van der Waals surface area contributed by atoms with Crippen LogP contribution >= 0.6 is 0 Å². The van der Waals surface area contributed by atoms with E-state index in [1.165, 1.54) is 24.3 Å². The van der Waals surface area contributed by atoms with Gasteiger partial charge in [0.05, 0.1) is 21.7 Å². The maximum Gasteiger partial charge on any atom is 0.269 e. The van der Waals surface area contributed by atoms with Gasteiger partial charge in [-0.3, -0.25) is 14.9 Å². The first-order chi connectivity index (χ1) is 14.4. The molecule has 30 heavy (non-hydrogen) atoms. The molecular formula is C24H19N3O3. The molecule has 0 radical (unpaired) electrons. The fourth-order valence-corrected chi connectivity index (χ4v) is 3.45. The van der Waals surface area contributed by atoms with Gasteiger partial charge in [0.1, 0.15) is 0 Å². The highest BCUT2D eigenvalue weighted by Gasteiger charge is 2.19. The molecule has 0 saturated carbocycles. The number of aryl methyl sites for hydroxylation is 1. The molecule has 0 saturated heterocycles. The van der Waals surface area contributed by atoms with Crippen LogP contribution in [0.1, 0.15) is 21.5 Å². The van der Waals surface area contributed by atoms with Crippen molar-refractivity contribution in [1.29, 1.82) is 0 Å². The second kappa shape index (κ2) is 7.75. The van der Waals surface area contributed by atoms with E-state index in [9.17, 15) is 14.9 Å². The van der Waals surface area contributed by atoms with Gasteiger partial charge < -0.3 is 5.32 Å². The predicted octanol–water partition coefficient (Wildman–Crippen LogP) is 5.68. The fraction of sp³-hybridized carbons (Fsp3) is 0.0833. The van der Waals surface area contributed by atoms with Crippen LogP contribution in [-0.4, -0.2) is 15.8 Å². The van der Waals surface area contributed by atoms with Crippen molar-refractivity contribution in [1.82, 2.24) is 4.98 Å². The van der Waals surface area contributed by atoms with Gasteiger partial charge in [-0.05, 0) is 37.6 Å². The Labute approximate surface area is 173 Å². The standard InChI is InChI=1S/C24H19N3O3/c1-15-7-9-17(10-8-15)23-16(2)22(20-5-3-4-6-21(20)26-23)24(28)25-18-11-13-19(14-12-18)27(29)30/h3-14H,1-2H3,(H,25,28). The number of para-hydroxylation sites is 1. The summed E-state index contributed by atoms with van der Waals surface area (Å²) in [7, 11) is 0. The summed E-state index contributed by atoms with van der Waals surface area (Å²) in [4.78, 5) is 28.4. The molecule has 3 aromatic carbocycles. The molecule has 0 unspecified atom stereocenters. The number of nitro groups is 1. The first-order valence-corrected chi connectivity index (χ1v) is 9.46. The molecule has 0 bridgehead atoms. The van der Waals surface area contributed by atoms with Crippen LogP contribution < -0.4 is 5.32 Å². The lowest BCUT2D eigenvalue weighted by molar-refractivity contribution is -0.384. The Hall–Kier alpha value is -4.06. The van der Waals surface area contributed by atoms with E-state index in [-0.39, 0.29) is 11.6 Å². The number of carbonyl (C=O) groups excluding carboxylic acids is 1. The zero-order chi connectivity index (χ0) is 21.3. The number of hydrogen-bond donors (Lipinski definition) is 1. The van der Waals surface area contributed by atoms with Crippen LogP contribution in [0.2, 0.25) is 0 Å². The van der Waals surface area contributed by atoms with E-state index in [2.05, 4.69) is 5.32 Å². The van der Waals surface area contributed by atoms with Crippen LogP contribution in [0.3, 0.4) is 0 Å². The van der Waals surface area contributed by atoms with Crippen LogP contribution in [0.25, 0.3) is 22.2 Å². The molecule has 4 aromatic rings. The van der Waals surface area contributed by atoms with E-state index in [0.29, 0.717) is 11.3 Å². The van der Waals surface area contributed by atoms with Crippen molar-refractivity contribution in [3.05, 3.63) is 99.6 Å². The summed E-state index contributed by atoms with van der Waals surface area (Å²) in [5, 5.41) is 14.5. The molecule has 6 heteroatoms. The fourth-order valence-electron chi connectivity index (χ4n) is 3.45. The molecule has 1 N–H and O–H groups in total. The minimum atomic E-state index is -0.472. The van der Waals surface area contributed by atoms with Crippen LogP contribution in [0.5, 0.6) is 0 Å². The van der Waals surface area contributed by atoms with E-state index in [1.807, 2.05) is 62.4 Å². The number of nitrogens with one attached hydrogen (secondary N) is 1. The summed E-state index contributed by atoms with van der Waals surface area (Å²) in [6.45, 7) is 3.91. The zero-order valence-corrected chi connectivity index (χ0v) is 16.5. The number of fused-ring (bicyclic) bond motifs is 1. The van der Waals surface area contributed by atoms with Gasteiger partial charge in [0.2, 0.25) is 0 Å². The Balaban J connectivity index is 1.80. The summed E-state index contributed by atoms with van der Waals surface area (Å²) in [5.41, 5.74) is 5.34. The molecule has 0 fully saturated rings. The number of non-ortho nitro benzene ring substituents is 1. The number of aromatic nitrogens is 1. The maximum atomic E-state index is 13.2. The molecule has 4 rings (SSSR count). The Morgan fingerprint density at radius 3 is 2.27 bits per heavy atom. The summed E-state index contributed by atoms with van der Waals surface area (Å²) < 4.78 is 0. The largest absolute Gasteiger partial charge is 0.322 e. The Morgan fingerprint density at radius 1 is 0.933 bits per heavy atom. The Morgan fingerprint density at radius 2 is 1.60 bits per heavy atom. The normalized spacial score (nSPS) is 10.7. The van der Waals surface area contributed by atoms with Crippen molar-refractivity contribution >= 4 is 28.2 Å². The molecular weight excluding hydrogens is 378 g/mol. The van der Waals surface area contributed by atoms with Crippen LogP contribution in [0.15, 0.2) is 72.8 Å². The number of carbonyl (C=O) groups is 1. The van der Waals surface area contributed by atoms with Gasteiger partial charge in [-0.25, -0.2) is 4.98 Å². The summed E-state index contributed by atoms with van der Waals surface area (Å²) in [5.74, 6) is -0.284. The maximum absolute atomic E-state index is 13.2. The van der Waals surface area contributed by atoms with Gasteiger partial charge in [0.15, 0.2) is 0 Å². The summed E-state index contributed by atoms with van der Waals surface area (Å²) >= 11 is 0. The third-order valence-electron chi connectivity index (χ3n) is 5.02. The Kier molecular flexibility index (Phi) is 4.98. The quantitative estimate of drug-likeness (QED) is 0.355. The number of hydrogen-bond acceptors (Lipinski definition) is 4. The zero-order valence-electron chi connectivity index (χ0n) is 16.5. The molecule has 1 amide bonds. The van der Waals surface area contributed by atoms with Crippen molar-refractivity contribution in [2.45, 2.75) is 13.8 Å². The van der Waals surface area contributed by atoms with Gasteiger partial charge in [-0.1, -0.05) is 48.0 Å². The lowest BCUT2D eigenvalue weighted by atomic mass is 9.96. The molecule has 1 heterocycles. The van der Waals surface area contributed by atoms with Crippen molar-refractivity contribution in [3.63, 3.8) is 0 Å². The second-order valence-corrected chi connectivity index (χ2v) is 7.10. The number of nitro benzene ring substituents is 1. The van der Waals surface area contributed by atoms with Crippen LogP contribution in [-0.2, 0) is 0 Å². The van der Waals surface area contributed by atoms with E-state index < -0.39 is 4.92 Å². The van der Waals surface area contributed by atoms with E-state index in [1.54, 1.807) is 0 Å².